The zero-order chi connectivity index (χ0) is 19.9. The molecule has 0 radical (unpaired) electrons. The third kappa shape index (κ3) is 11.1. The predicted molar refractivity (Wildman–Crippen MR) is 103 cm³/mol. The fraction of sp³-hybridized carbons (Fsp3) is 0.850. The molecule has 27 heavy (non-hydrogen) atoms. The maximum absolute atomic E-state index is 12.0. The summed E-state index contributed by atoms with van der Waals surface area (Å²) in [7, 11) is 0. The lowest BCUT2D eigenvalue weighted by Gasteiger charge is -2.28. The highest BCUT2D eigenvalue weighted by Gasteiger charge is 2.25. The number of Topliss-reactive ketones (excluding diaryl/α,β-unsaturated/α-hetero) is 1. The summed E-state index contributed by atoms with van der Waals surface area (Å²) in [6.45, 7) is 5.77. The topological polar surface area (TPSA) is 93.7 Å². The van der Waals surface area contributed by atoms with Gasteiger partial charge in [-0.15, -0.1) is 0 Å². The molecule has 1 rings (SSSR count). The van der Waals surface area contributed by atoms with Gasteiger partial charge in [0.1, 0.15) is 12.4 Å². The second-order valence-electron chi connectivity index (χ2n) is 7.05. The summed E-state index contributed by atoms with van der Waals surface area (Å²) in [5.74, 6) is 0.352. The molecule has 7 heteroatoms. The van der Waals surface area contributed by atoms with Gasteiger partial charge in [-0.3, -0.25) is 14.4 Å². The number of nitrogens with one attached hydrogen (secondary N) is 2. The van der Waals surface area contributed by atoms with E-state index in [0.29, 0.717) is 45.0 Å². The molecule has 2 amide bonds. The third-order valence-corrected chi connectivity index (χ3v) is 4.81. The van der Waals surface area contributed by atoms with Crippen LogP contribution < -0.4 is 10.6 Å². The predicted octanol–water partition coefficient (Wildman–Crippen LogP) is 1.98. The Morgan fingerprint density at radius 2 is 1.67 bits per heavy atom. The highest BCUT2D eigenvalue weighted by Crippen LogP contribution is 2.25. The summed E-state index contributed by atoms with van der Waals surface area (Å²) >= 11 is 0. The summed E-state index contributed by atoms with van der Waals surface area (Å²) in [4.78, 5) is 35.1. The Bertz CT molecular complexity index is 448. The second kappa shape index (κ2) is 14.6. The first-order valence-corrected chi connectivity index (χ1v) is 10.3. The number of amides is 2. The van der Waals surface area contributed by atoms with Crippen molar-refractivity contribution in [2.24, 2.45) is 5.92 Å². The van der Waals surface area contributed by atoms with E-state index in [9.17, 15) is 14.4 Å². The second-order valence-corrected chi connectivity index (χ2v) is 7.05. The van der Waals surface area contributed by atoms with Crippen LogP contribution in [0.2, 0.25) is 0 Å². The molecule has 7 nitrogen and oxygen atoms in total. The van der Waals surface area contributed by atoms with E-state index in [1.54, 1.807) is 0 Å². The molecule has 0 unspecified atom stereocenters. The fourth-order valence-electron chi connectivity index (χ4n) is 3.14. The van der Waals surface area contributed by atoms with E-state index in [0.717, 1.165) is 38.5 Å². The summed E-state index contributed by atoms with van der Waals surface area (Å²) in [6, 6.07) is 0.172. The molecule has 0 aromatic rings. The van der Waals surface area contributed by atoms with Crippen molar-refractivity contribution in [1.82, 2.24) is 10.6 Å². The Balaban J connectivity index is 1.97. The minimum Gasteiger partial charge on any atom is -0.379 e. The van der Waals surface area contributed by atoms with Crippen molar-refractivity contribution in [3.05, 3.63) is 0 Å². The van der Waals surface area contributed by atoms with Crippen LogP contribution in [0.1, 0.15) is 65.2 Å². The van der Waals surface area contributed by atoms with E-state index < -0.39 is 0 Å². The molecule has 0 aliphatic heterocycles. The third-order valence-electron chi connectivity index (χ3n) is 4.81. The maximum atomic E-state index is 12.0. The zero-order valence-electron chi connectivity index (χ0n) is 16.9. The standard InChI is InChI=1S/C20H36N2O5/c1-3-5-12-27-15-20(25)21-11-14-26-13-10-19(24)22-17-8-6-16(7-9-17)18(23)4-2/h16-17H,3-15H2,1-2H3,(H,21,25)(H,22,24). The number of carbonyl (C=O) groups excluding carboxylic acids is 3. The Morgan fingerprint density at radius 3 is 2.33 bits per heavy atom. The first kappa shape index (κ1) is 23.6. The van der Waals surface area contributed by atoms with Gasteiger partial charge in [0.25, 0.3) is 0 Å². The van der Waals surface area contributed by atoms with Gasteiger partial charge in [0, 0.05) is 38.0 Å². The lowest BCUT2D eigenvalue weighted by molar-refractivity contribution is -0.127. The number of rotatable bonds is 14. The van der Waals surface area contributed by atoms with Crippen molar-refractivity contribution < 1.29 is 23.9 Å². The van der Waals surface area contributed by atoms with Gasteiger partial charge in [-0.25, -0.2) is 0 Å². The molecule has 156 valence electrons. The van der Waals surface area contributed by atoms with Crippen LogP contribution in [0.25, 0.3) is 0 Å². The van der Waals surface area contributed by atoms with Gasteiger partial charge in [-0.2, -0.15) is 0 Å². The molecular weight excluding hydrogens is 348 g/mol. The minimum absolute atomic E-state index is 0.0198. The number of ketones is 1. The molecule has 0 aromatic heterocycles. The Labute approximate surface area is 162 Å². The SMILES string of the molecule is CCCCOCC(=O)NCCOCCC(=O)NC1CCC(C(=O)CC)CC1. The zero-order valence-corrected chi connectivity index (χ0v) is 16.9. The molecule has 0 heterocycles. The summed E-state index contributed by atoms with van der Waals surface area (Å²) in [5, 5.41) is 5.74. The highest BCUT2D eigenvalue weighted by molar-refractivity contribution is 5.81. The van der Waals surface area contributed by atoms with Crippen molar-refractivity contribution in [2.75, 3.05) is 33.0 Å². The minimum atomic E-state index is -0.149. The Kier molecular flexibility index (Phi) is 12.7. The van der Waals surface area contributed by atoms with Gasteiger partial charge in [0.2, 0.25) is 11.8 Å². The molecule has 1 aliphatic carbocycles. The van der Waals surface area contributed by atoms with Crippen LogP contribution in [0.5, 0.6) is 0 Å². The quantitative estimate of drug-likeness (QED) is 0.447. The van der Waals surface area contributed by atoms with Gasteiger partial charge in [-0.05, 0) is 32.1 Å². The van der Waals surface area contributed by atoms with Crippen LogP contribution >= 0.6 is 0 Å². The number of unbranched alkanes of at least 4 members (excludes halogenated alkanes) is 1. The summed E-state index contributed by atoms with van der Waals surface area (Å²) in [6.07, 6.45) is 6.39. The average molecular weight is 385 g/mol. The molecule has 0 aromatic carbocycles. The van der Waals surface area contributed by atoms with Crippen LogP contribution in [-0.2, 0) is 23.9 Å². The molecule has 0 atom stereocenters. The Morgan fingerprint density at radius 1 is 0.926 bits per heavy atom. The van der Waals surface area contributed by atoms with E-state index in [1.807, 2.05) is 6.92 Å². The number of carbonyl (C=O) groups is 3. The van der Waals surface area contributed by atoms with Gasteiger partial charge in [-0.1, -0.05) is 20.3 Å². The highest BCUT2D eigenvalue weighted by atomic mass is 16.5. The lowest BCUT2D eigenvalue weighted by Crippen LogP contribution is -2.39. The molecule has 0 saturated heterocycles. The normalized spacial score (nSPS) is 19.5. The lowest BCUT2D eigenvalue weighted by atomic mass is 9.83. The van der Waals surface area contributed by atoms with Crippen molar-refractivity contribution in [3.63, 3.8) is 0 Å². The smallest absolute Gasteiger partial charge is 0.246 e. The van der Waals surface area contributed by atoms with Gasteiger partial charge < -0.3 is 20.1 Å². The van der Waals surface area contributed by atoms with Gasteiger partial charge >= 0.3 is 0 Å². The van der Waals surface area contributed by atoms with Gasteiger partial charge in [0.15, 0.2) is 0 Å². The number of hydrogen-bond donors (Lipinski definition) is 2. The maximum Gasteiger partial charge on any atom is 0.246 e. The summed E-state index contributed by atoms with van der Waals surface area (Å²) < 4.78 is 10.6. The largest absolute Gasteiger partial charge is 0.379 e. The van der Waals surface area contributed by atoms with Crippen LogP contribution in [0, 0.1) is 5.92 Å². The van der Waals surface area contributed by atoms with Crippen LogP contribution in [-0.4, -0.2) is 56.6 Å². The molecular formula is C20H36N2O5. The van der Waals surface area contributed by atoms with E-state index in [-0.39, 0.29) is 30.4 Å². The van der Waals surface area contributed by atoms with Crippen molar-refractivity contribution in [3.8, 4) is 0 Å². The number of hydrogen-bond acceptors (Lipinski definition) is 5. The van der Waals surface area contributed by atoms with Crippen molar-refractivity contribution >= 4 is 17.6 Å². The van der Waals surface area contributed by atoms with Crippen molar-refractivity contribution in [1.29, 1.82) is 0 Å². The van der Waals surface area contributed by atoms with Crippen LogP contribution in [0.15, 0.2) is 0 Å². The molecule has 2 N–H and O–H groups in total. The van der Waals surface area contributed by atoms with E-state index in [2.05, 4.69) is 17.6 Å². The molecule has 0 spiro atoms. The molecule has 1 aliphatic rings. The van der Waals surface area contributed by atoms with E-state index in [4.69, 9.17) is 9.47 Å². The molecule has 1 fully saturated rings. The van der Waals surface area contributed by atoms with E-state index >= 15 is 0 Å². The van der Waals surface area contributed by atoms with Crippen molar-refractivity contribution in [2.45, 2.75) is 71.3 Å². The molecule has 1 saturated carbocycles. The monoisotopic (exact) mass is 384 g/mol. The summed E-state index contributed by atoms with van der Waals surface area (Å²) in [5.41, 5.74) is 0. The number of ether oxygens (including phenoxy) is 2. The molecule has 0 bridgehead atoms. The van der Waals surface area contributed by atoms with Crippen LogP contribution in [0.3, 0.4) is 0 Å². The first-order valence-electron chi connectivity index (χ1n) is 10.3. The van der Waals surface area contributed by atoms with Gasteiger partial charge in [0.05, 0.1) is 13.2 Å². The van der Waals surface area contributed by atoms with E-state index in [1.165, 1.54) is 0 Å². The Hall–Kier alpha value is -1.47. The fourth-order valence-corrected chi connectivity index (χ4v) is 3.14. The first-order chi connectivity index (χ1) is 13.1. The van der Waals surface area contributed by atoms with Crippen LogP contribution in [0.4, 0.5) is 0 Å². The average Bonchev–Trinajstić information content (AvgIpc) is 2.68.